The predicted octanol–water partition coefficient (Wildman–Crippen LogP) is 4.33. The van der Waals surface area contributed by atoms with E-state index in [0.29, 0.717) is 5.75 Å². The van der Waals surface area contributed by atoms with Crippen LogP contribution in [-0.2, 0) is 4.79 Å². The molecule has 0 aliphatic heterocycles. The molecular formula is C15H14INOS. The number of thioether (sulfide) groups is 1. The van der Waals surface area contributed by atoms with Crippen LogP contribution < -0.4 is 5.32 Å². The van der Waals surface area contributed by atoms with E-state index in [9.17, 15) is 4.79 Å². The monoisotopic (exact) mass is 383 g/mol. The quantitative estimate of drug-likeness (QED) is 0.629. The molecule has 2 aromatic carbocycles. The van der Waals surface area contributed by atoms with Gasteiger partial charge in [0.25, 0.3) is 0 Å². The number of halogens is 1. The smallest absolute Gasteiger partial charge is 0.234 e. The summed E-state index contributed by atoms with van der Waals surface area (Å²) in [6.07, 6.45) is 0. The third kappa shape index (κ3) is 4.87. The highest BCUT2D eigenvalue weighted by atomic mass is 127. The Morgan fingerprint density at radius 2 is 1.95 bits per heavy atom. The van der Waals surface area contributed by atoms with Crippen molar-refractivity contribution in [3.63, 3.8) is 0 Å². The summed E-state index contributed by atoms with van der Waals surface area (Å²) in [6, 6.07) is 16.0. The van der Waals surface area contributed by atoms with Crippen molar-refractivity contribution in [2.75, 3.05) is 11.1 Å². The highest BCUT2D eigenvalue weighted by Crippen LogP contribution is 2.19. The lowest BCUT2D eigenvalue weighted by atomic mass is 10.2. The minimum atomic E-state index is 0.0209. The topological polar surface area (TPSA) is 29.1 Å². The molecule has 1 N–H and O–H groups in total. The molecule has 0 radical (unpaired) electrons. The molecule has 0 aromatic heterocycles. The number of hydrogen-bond donors (Lipinski definition) is 1. The van der Waals surface area contributed by atoms with Crippen LogP contribution in [-0.4, -0.2) is 11.7 Å². The lowest BCUT2D eigenvalue weighted by Gasteiger charge is -2.05. The Bertz CT molecular complexity index is 569. The lowest BCUT2D eigenvalue weighted by Crippen LogP contribution is -2.13. The SMILES string of the molecule is Cc1ccc(SCC(=O)Nc2cccc(I)c2)cc1. The summed E-state index contributed by atoms with van der Waals surface area (Å²) in [7, 11) is 0. The molecule has 2 aromatic rings. The van der Waals surface area contributed by atoms with Crippen LogP contribution in [0.1, 0.15) is 5.56 Å². The summed E-state index contributed by atoms with van der Waals surface area (Å²) < 4.78 is 1.11. The highest BCUT2D eigenvalue weighted by Gasteiger charge is 2.03. The Hall–Kier alpha value is -1.01. The highest BCUT2D eigenvalue weighted by molar-refractivity contribution is 14.1. The van der Waals surface area contributed by atoms with Crippen molar-refractivity contribution < 1.29 is 4.79 Å². The maximum absolute atomic E-state index is 11.8. The van der Waals surface area contributed by atoms with Gasteiger partial charge >= 0.3 is 0 Å². The predicted molar refractivity (Wildman–Crippen MR) is 89.7 cm³/mol. The molecule has 0 atom stereocenters. The van der Waals surface area contributed by atoms with Gasteiger partial charge in [-0.25, -0.2) is 0 Å². The molecule has 98 valence electrons. The average molecular weight is 383 g/mol. The fourth-order valence-electron chi connectivity index (χ4n) is 1.55. The number of carbonyl (C=O) groups excluding carboxylic acids is 1. The van der Waals surface area contributed by atoms with Gasteiger partial charge in [-0.1, -0.05) is 23.8 Å². The first-order valence-electron chi connectivity index (χ1n) is 5.88. The number of nitrogens with one attached hydrogen (secondary N) is 1. The third-order valence-electron chi connectivity index (χ3n) is 2.50. The molecule has 0 aliphatic carbocycles. The van der Waals surface area contributed by atoms with E-state index in [1.165, 1.54) is 5.56 Å². The maximum atomic E-state index is 11.8. The average Bonchev–Trinajstić information content (AvgIpc) is 2.38. The van der Waals surface area contributed by atoms with Crippen LogP contribution in [0.15, 0.2) is 53.4 Å². The summed E-state index contributed by atoms with van der Waals surface area (Å²) in [4.78, 5) is 12.9. The standard InChI is InChI=1S/C15H14INOS/c1-11-5-7-14(8-6-11)19-10-15(18)17-13-4-2-3-12(16)9-13/h2-9H,10H2,1H3,(H,17,18). The van der Waals surface area contributed by atoms with Crippen molar-refractivity contribution in [2.24, 2.45) is 0 Å². The molecule has 2 nitrogen and oxygen atoms in total. The number of anilines is 1. The second-order valence-corrected chi connectivity index (χ2v) is 6.45. The van der Waals surface area contributed by atoms with E-state index >= 15 is 0 Å². The molecule has 0 saturated heterocycles. The normalized spacial score (nSPS) is 10.2. The molecule has 0 aliphatic rings. The van der Waals surface area contributed by atoms with Crippen molar-refractivity contribution in [1.82, 2.24) is 0 Å². The second kappa shape index (κ2) is 6.96. The molecule has 1 amide bonds. The van der Waals surface area contributed by atoms with E-state index in [1.807, 2.05) is 36.4 Å². The number of amides is 1. The number of benzene rings is 2. The van der Waals surface area contributed by atoms with Gasteiger partial charge in [0.05, 0.1) is 5.75 Å². The Labute approximate surface area is 131 Å². The van der Waals surface area contributed by atoms with Gasteiger partial charge in [0.15, 0.2) is 0 Å². The fourth-order valence-corrected chi connectivity index (χ4v) is 2.79. The van der Waals surface area contributed by atoms with Gasteiger partial charge in [0.2, 0.25) is 5.91 Å². The van der Waals surface area contributed by atoms with Crippen LogP contribution in [0.4, 0.5) is 5.69 Å². The summed E-state index contributed by atoms with van der Waals surface area (Å²) >= 11 is 3.78. The molecule has 0 unspecified atom stereocenters. The van der Waals surface area contributed by atoms with Crippen molar-refractivity contribution in [1.29, 1.82) is 0 Å². The molecule has 0 heterocycles. The Kier molecular flexibility index (Phi) is 5.27. The van der Waals surface area contributed by atoms with Crippen LogP contribution in [0.3, 0.4) is 0 Å². The van der Waals surface area contributed by atoms with Crippen molar-refractivity contribution in [3.05, 3.63) is 57.7 Å². The van der Waals surface area contributed by atoms with Gasteiger partial charge in [0.1, 0.15) is 0 Å². The number of rotatable bonds is 4. The van der Waals surface area contributed by atoms with E-state index in [4.69, 9.17) is 0 Å². The maximum Gasteiger partial charge on any atom is 0.234 e. The van der Waals surface area contributed by atoms with Gasteiger partial charge in [-0.05, 0) is 59.8 Å². The van der Waals surface area contributed by atoms with Gasteiger partial charge < -0.3 is 5.32 Å². The van der Waals surface area contributed by atoms with E-state index in [-0.39, 0.29) is 5.91 Å². The van der Waals surface area contributed by atoms with E-state index < -0.39 is 0 Å². The first-order chi connectivity index (χ1) is 9.13. The zero-order chi connectivity index (χ0) is 13.7. The number of hydrogen-bond acceptors (Lipinski definition) is 2. The first kappa shape index (κ1) is 14.4. The van der Waals surface area contributed by atoms with Crippen LogP contribution in [0.5, 0.6) is 0 Å². The molecule has 4 heteroatoms. The molecule has 19 heavy (non-hydrogen) atoms. The van der Waals surface area contributed by atoms with Crippen molar-refractivity contribution in [3.8, 4) is 0 Å². The summed E-state index contributed by atoms with van der Waals surface area (Å²) in [5.41, 5.74) is 2.08. The molecule has 0 bridgehead atoms. The van der Waals surface area contributed by atoms with Crippen LogP contribution in [0, 0.1) is 10.5 Å². The van der Waals surface area contributed by atoms with Gasteiger partial charge in [-0.2, -0.15) is 0 Å². The van der Waals surface area contributed by atoms with Gasteiger partial charge in [-0.15, -0.1) is 11.8 Å². The van der Waals surface area contributed by atoms with Crippen LogP contribution >= 0.6 is 34.4 Å². The van der Waals surface area contributed by atoms with Gasteiger partial charge in [0, 0.05) is 14.2 Å². The summed E-state index contributed by atoms with van der Waals surface area (Å²) in [5, 5.41) is 2.90. The van der Waals surface area contributed by atoms with Crippen LogP contribution in [0.25, 0.3) is 0 Å². The molecular weight excluding hydrogens is 369 g/mol. The zero-order valence-corrected chi connectivity index (χ0v) is 13.5. The molecule has 2 rings (SSSR count). The minimum Gasteiger partial charge on any atom is -0.325 e. The van der Waals surface area contributed by atoms with E-state index in [2.05, 4.69) is 47.0 Å². The largest absolute Gasteiger partial charge is 0.325 e. The summed E-state index contributed by atoms with van der Waals surface area (Å²) in [5.74, 6) is 0.446. The van der Waals surface area contributed by atoms with E-state index in [1.54, 1.807) is 11.8 Å². The molecule has 0 fully saturated rings. The zero-order valence-electron chi connectivity index (χ0n) is 10.5. The molecule has 0 saturated carbocycles. The Balaban J connectivity index is 1.86. The fraction of sp³-hybridized carbons (Fsp3) is 0.133. The molecule has 0 spiro atoms. The second-order valence-electron chi connectivity index (χ2n) is 4.16. The van der Waals surface area contributed by atoms with Gasteiger partial charge in [-0.3, -0.25) is 4.79 Å². The third-order valence-corrected chi connectivity index (χ3v) is 4.18. The Morgan fingerprint density at radius 3 is 2.63 bits per heavy atom. The number of carbonyl (C=O) groups is 1. The Morgan fingerprint density at radius 1 is 1.21 bits per heavy atom. The van der Waals surface area contributed by atoms with Crippen molar-refractivity contribution in [2.45, 2.75) is 11.8 Å². The number of aryl methyl sites for hydroxylation is 1. The van der Waals surface area contributed by atoms with E-state index in [0.717, 1.165) is 14.2 Å². The summed E-state index contributed by atoms with van der Waals surface area (Å²) in [6.45, 7) is 2.05. The first-order valence-corrected chi connectivity index (χ1v) is 7.95. The minimum absolute atomic E-state index is 0.0209. The van der Waals surface area contributed by atoms with Crippen molar-refractivity contribution >= 4 is 45.9 Å². The van der Waals surface area contributed by atoms with Crippen LogP contribution in [0.2, 0.25) is 0 Å². The lowest BCUT2D eigenvalue weighted by molar-refractivity contribution is -0.113.